The van der Waals surface area contributed by atoms with Crippen LogP contribution < -0.4 is 0 Å². The lowest BCUT2D eigenvalue weighted by molar-refractivity contribution is -0.349. The number of carbonyl (C=O) groups excluding carboxylic acids is 8. The van der Waals surface area contributed by atoms with Crippen LogP contribution in [0, 0.1) is 0 Å². The average molecular weight is 781 g/mol. The third-order valence-corrected chi connectivity index (χ3v) is 7.88. The third-order valence-electron chi connectivity index (χ3n) is 7.88. The number of methoxy groups -OCH3 is 2. The van der Waals surface area contributed by atoms with E-state index in [1.54, 1.807) is 0 Å². The summed E-state index contributed by atoms with van der Waals surface area (Å²) in [4.78, 5) is 98.4. The molecular weight excluding hydrogens is 736 g/mol. The van der Waals surface area contributed by atoms with Gasteiger partial charge < -0.3 is 66.3 Å². The van der Waals surface area contributed by atoms with Crippen LogP contribution in [-0.4, -0.2) is 155 Å². The van der Waals surface area contributed by atoms with E-state index in [0.717, 1.165) is 62.7 Å². The van der Waals surface area contributed by atoms with E-state index in [0.29, 0.717) is 0 Å². The minimum atomic E-state index is -1.98. The minimum absolute atomic E-state index is 0.557. The molecule has 3 fully saturated rings. The lowest BCUT2D eigenvalue weighted by atomic mass is 9.96. The average Bonchev–Trinajstić information content (AvgIpc) is 3.55. The van der Waals surface area contributed by atoms with Gasteiger partial charge in [0.2, 0.25) is 11.2 Å². The second-order valence-electron chi connectivity index (χ2n) is 12.3. The first kappa shape index (κ1) is 43.9. The van der Waals surface area contributed by atoms with Gasteiger partial charge in [-0.2, -0.15) is 0 Å². The van der Waals surface area contributed by atoms with E-state index < -0.39 is 141 Å². The van der Waals surface area contributed by atoms with Gasteiger partial charge >= 0.3 is 47.8 Å². The Kier molecular flexibility index (Phi) is 15.2. The van der Waals surface area contributed by atoms with Gasteiger partial charge in [-0.05, 0) is 0 Å². The van der Waals surface area contributed by atoms with E-state index in [2.05, 4.69) is 0 Å². The number of ether oxygens (including phenoxy) is 14. The van der Waals surface area contributed by atoms with Crippen molar-refractivity contribution in [2.75, 3.05) is 40.6 Å². The number of rotatable bonds is 15. The zero-order valence-electron chi connectivity index (χ0n) is 31.0. The van der Waals surface area contributed by atoms with Crippen LogP contribution in [0.4, 0.5) is 0 Å². The fraction of sp³-hybridized carbons (Fsp3) is 0.750. The van der Waals surface area contributed by atoms with Crippen molar-refractivity contribution in [1.29, 1.82) is 0 Å². The van der Waals surface area contributed by atoms with E-state index in [-0.39, 0.29) is 0 Å². The molecule has 0 unspecified atom stereocenters. The number of carbonyl (C=O) groups is 8. The highest BCUT2D eigenvalue weighted by Gasteiger charge is 2.63. The molecule has 0 aliphatic carbocycles. The van der Waals surface area contributed by atoms with Gasteiger partial charge in [0.25, 0.3) is 0 Å². The maximum absolute atomic E-state index is 13.1. The zero-order valence-corrected chi connectivity index (χ0v) is 31.0. The van der Waals surface area contributed by atoms with Crippen molar-refractivity contribution in [3.63, 3.8) is 0 Å². The van der Waals surface area contributed by atoms with Gasteiger partial charge in [-0.25, -0.2) is 4.79 Å². The first-order valence-electron chi connectivity index (χ1n) is 16.3. The van der Waals surface area contributed by atoms with Gasteiger partial charge in [-0.1, -0.05) is 0 Å². The molecule has 0 radical (unpaired) electrons. The molecule has 22 nitrogen and oxygen atoms in total. The predicted octanol–water partition coefficient (Wildman–Crippen LogP) is -1.46. The molecule has 0 saturated carbocycles. The summed E-state index contributed by atoms with van der Waals surface area (Å²) in [6, 6.07) is 0. The van der Waals surface area contributed by atoms with E-state index in [1.165, 1.54) is 0 Å². The molecule has 3 saturated heterocycles. The molecule has 0 amide bonds. The van der Waals surface area contributed by atoms with Gasteiger partial charge in [0.1, 0.15) is 25.4 Å². The van der Waals surface area contributed by atoms with Crippen molar-refractivity contribution >= 4 is 47.8 Å². The van der Waals surface area contributed by atoms with Gasteiger partial charge in [0.05, 0.1) is 20.3 Å². The summed E-state index contributed by atoms with van der Waals surface area (Å²) >= 11 is 0. The Morgan fingerprint density at radius 3 is 1.31 bits per heavy atom. The summed E-state index contributed by atoms with van der Waals surface area (Å²) < 4.78 is 78.1. The highest BCUT2D eigenvalue weighted by Crippen LogP contribution is 2.40. The van der Waals surface area contributed by atoms with Crippen LogP contribution in [0.5, 0.6) is 0 Å². The van der Waals surface area contributed by atoms with E-state index >= 15 is 0 Å². The second kappa shape index (κ2) is 18.7. The van der Waals surface area contributed by atoms with Crippen molar-refractivity contribution in [1.82, 2.24) is 0 Å². The fourth-order valence-electron chi connectivity index (χ4n) is 5.92. The quantitative estimate of drug-likeness (QED) is 0.136. The van der Waals surface area contributed by atoms with Gasteiger partial charge in [0, 0.05) is 55.6 Å². The molecular formula is C32H44O22. The monoisotopic (exact) mass is 780 g/mol. The molecule has 54 heavy (non-hydrogen) atoms. The molecule has 0 N–H and O–H groups in total. The molecule has 0 aromatic heterocycles. The number of hydrogen-bond acceptors (Lipinski definition) is 22. The van der Waals surface area contributed by atoms with Crippen molar-refractivity contribution in [2.45, 2.75) is 115 Å². The lowest BCUT2D eigenvalue weighted by Gasteiger charge is -2.45. The Bertz CT molecular complexity index is 1430. The summed E-state index contributed by atoms with van der Waals surface area (Å²) in [5.74, 6) is -7.20. The Morgan fingerprint density at radius 2 is 0.963 bits per heavy atom. The van der Waals surface area contributed by atoms with Crippen LogP contribution in [0.1, 0.15) is 48.5 Å². The molecule has 3 aliphatic rings. The smallest absolute Gasteiger partial charge is 0.339 e. The van der Waals surface area contributed by atoms with E-state index in [1.807, 2.05) is 0 Å². The molecule has 0 aromatic rings. The molecule has 0 spiro atoms. The third kappa shape index (κ3) is 10.8. The Labute approximate surface area is 308 Å². The van der Waals surface area contributed by atoms with Crippen molar-refractivity contribution in [3.05, 3.63) is 0 Å². The molecule has 3 aliphatic heterocycles. The van der Waals surface area contributed by atoms with Crippen molar-refractivity contribution in [2.24, 2.45) is 0 Å². The maximum Gasteiger partial charge on any atom is 0.339 e. The standard InChI is InChI=1S/C32H44O22/c1-14(33)43-10-31(53-19(6)38)12-45-29(25(31)48-17(4)36)50-22-21(47-16(3)35)23(27(40)41-8)51-28(42-9)24(22)52-30-26(49-18(5)37)32(13-46-30,54-20(7)39)11-44-15(2)34/h21-26,28-30H,10-13H2,1-9H3/t21-,22+,23+,24-,25+,26+,28+,29+,30+,31-,32-/m1/s1. The van der Waals surface area contributed by atoms with Gasteiger partial charge in [0.15, 0.2) is 43.3 Å². The van der Waals surface area contributed by atoms with Crippen LogP contribution in [-0.2, 0) is 105 Å². The van der Waals surface area contributed by atoms with Crippen LogP contribution in [0.3, 0.4) is 0 Å². The normalized spacial score (nSPS) is 33.1. The minimum Gasteiger partial charge on any atom is -0.467 e. The highest BCUT2D eigenvalue weighted by atomic mass is 16.8. The second-order valence-corrected chi connectivity index (χ2v) is 12.3. The Morgan fingerprint density at radius 1 is 0.537 bits per heavy atom. The van der Waals surface area contributed by atoms with Crippen molar-refractivity contribution < 1.29 is 105 Å². The first-order valence-corrected chi connectivity index (χ1v) is 16.3. The maximum atomic E-state index is 13.1. The van der Waals surface area contributed by atoms with E-state index in [4.69, 9.17) is 66.3 Å². The Hall–Kier alpha value is -4.48. The molecule has 3 rings (SSSR count). The SMILES string of the molecule is COC(=O)[C@H]1O[C@H](OC)[C@H](O[C@@H]2OC[C@@](COC(C)=O)(OC(C)=O)[C@H]2OC(C)=O)[C@@H](O[C@@H]2OC[C@@](COC(C)=O)(OC(C)=O)[C@H]2OC(C)=O)[C@H]1OC(C)=O. The molecule has 0 bridgehead atoms. The summed E-state index contributed by atoms with van der Waals surface area (Å²) in [5, 5.41) is 0. The number of esters is 8. The van der Waals surface area contributed by atoms with Crippen molar-refractivity contribution in [3.8, 4) is 0 Å². The molecule has 3 heterocycles. The highest BCUT2D eigenvalue weighted by molar-refractivity contribution is 5.77. The van der Waals surface area contributed by atoms with Crippen LogP contribution in [0.2, 0.25) is 0 Å². The lowest BCUT2D eigenvalue weighted by Crippen LogP contribution is -2.65. The fourth-order valence-corrected chi connectivity index (χ4v) is 5.92. The molecule has 0 aromatic carbocycles. The van der Waals surface area contributed by atoms with Crippen LogP contribution in [0.15, 0.2) is 0 Å². The van der Waals surface area contributed by atoms with Crippen LogP contribution in [0.25, 0.3) is 0 Å². The zero-order chi connectivity index (χ0) is 40.5. The van der Waals surface area contributed by atoms with E-state index in [9.17, 15) is 38.4 Å². The molecule has 304 valence electrons. The largest absolute Gasteiger partial charge is 0.467 e. The van der Waals surface area contributed by atoms with Gasteiger partial charge in [-0.15, -0.1) is 0 Å². The van der Waals surface area contributed by atoms with Gasteiger partial charge in [-0.3, -0.25) is 33.6 Å². The summed E-state index contributed by atoms with van der Waals surface area (Å²) in [7, 11) is 2.16. The Balaban J connectivity index is 2.18. The molecule has 22 heteroatoms. The summed E-state index contributed by atoms with van der Waals surface area (Å²) in [6.45, 7) is 4.83. The van der Waals surface area contributed by atoms with Crippen LogP contribution >= 0.6 is 0 Å². The first-order chi connectivity index (χ1) is 25.3. The molecule has 11 atom stereocenters. The topological polar surface area (TPSA) is 266 Å². The summed E-state index contributed by atoms with van der Waals surface area (Å²) in [6.07, 6.45) is -15.5. The summed E-state index contributed by atoms with van der Waals surface area (Å²) in [5.41, 5.74) is -3.94. The number of hydrogen-bond donors (Lipinski definition) is 0. The predicted molar refractivity (Wildman–Crippen MR) is 166 cm³/mol.